The van der Waals surface area contributed by atoms with Crippen molar-refractivity contribution in [2.75, 3.05) is 26.2 Å². The molecule has 2 N–H and O–H groups in total. The number of hydrogen-bond donors (Lipinski definition) is 2. The van der Waals surface area contributed by atoms with Crippen molar-refractivity contribution in [3.63, 3.8) is 0 Å². The summed E-state index contributed by atoms with van der Waals surface area (Å²) in [4.78, 5) is 12.5. The Kier molecular flexibility index (Phi) is 7.88. The Balaban J connectivity index is 0.00000243. The zero-order chi connectivity index (χ0) is 17.7. The van der Waals surface area contributed by atoms with E-state index in [1.807, 2.05) is 30.3 Å². The Morgan fingerprint density at radius 1 is 1.15 bits per heavy atom. The number of sulfonamides is 1. The van der Waals surface area contributed by atoms with E-state index in [9.17, 15) is 13.2 Å². The molecular formula is C18H28ClN3O3S. The fourth-order valence-corrected chi connectivity index (χ4v) is 5.18. The molecule has 0 saturated carbocycles. The molecular weight excluding hydrogens is 374 g/mol. The topological polar surface area (TPSA) is 78.5 Å². The maximum atomic E-state index is 12.7. The Bertz CT molecular complexity index is 678. The van der Waals surface area contributed by atoms with Gasteiger partial charge in [0.2, 0.25) is 15.9 Å². The molecule has 2 aliphatic heterocycles. The van der Waals surface area contributed by atoms with Gasteiger partial charge in [-0.15, -0.1) is 12.4 Å². The average Bonchev–Trinajstić information content (AvgIpc) is 2.63. The van der Waals surface area contributed by atoms with Crippen LogP contribution in [0.15, 0.2) is 30.3 Å². The molecule has 2 aliphatic rings. The highest BCUT2D eigenvalue weighted by Gasteiger charge is 2.33. The van der Waals surface area contributed by atoms with Gasteiger partial charge in [0.05, 0.1) is 11.7 Å². The second-order valence-corrected chi connectivity index (χ2v) is 8.94. The van der Waals surface area contributed by atoms with Crippen LogP contribution >= 0.6 is 12.4 Å². The number of benzene rings is 1. The Hall–Kier alpha value is -1.15. The Labute approximate surface area is 162 Å². The molecule has 2 heterocycles. The molecule has 1 atom stereocenters. The molecule has 0 spiro atoms. The number of nitrogens with zero attached hydrogens (tertiary/aromatic N) is 1. The number of carbonyl (C=O) groups is 1. The molecule has 1 unspecified atom stereocenters. The van der Waals surface area contributed by atoms with E-state index < -0.39 is 10.0 Å². The van der Waals surface area contributed by atoms with Gasteiger partial charge in [-0.1, -0.05) is 30.3 Å². The van der Waals surface area contributed by atoms with Crippen molar-refractivity contribution < 1.29 is 13.2 Å². The lowest BCUT2D eigenvalue weighted by atomic mass is 9.97. The van der Waals surface area contributed by atoms with Gasteiger partial charge in [0.1, 0.15) is 0 Å². The lowest BCUT2D eigenvalue weighted by molar-refractivity contribution is -0.127. The molecule has 0 bridgehead atoms. The van der Waals surface area contributed by atoms with Crippen molar-refractivity contribution in [2.45, 2.75) is 37.5 Å². The fraction of sp³-hybridized carbons (Fsp3) is 0.611. The maximum absolute atomic E-state index is 12.7. The van der Waals surface area contributed by atoms with Gasteiger partial charge < -0.3 is 10.6 Å². The van der Waals surface area contributed by atoms with Crippen LogP contribution in [0.4, 0.5) is 0 Å². The van der Waals surface area contributed by atoms with Crippen molar-refractivity contribution in [3.05, 3.63) is 35.9 Å². The van der Waals surface area contributed by atoms with Crippen LogP contribution in [0, 0.1) is 5.92 Å². The quantitative estimate of drug-likeness (QED) is 0.784. The van der Waals surface area contributed by atoms with Gasteiger partial charge in [-0.05, 0) is 44.3 Å². The zero-order valence-corrected chi connectivity index (χ0v) is 16.5. The summed E-state index contributed by atoms with van der Waals surface area (Å²) in [6.45, 7) is 2.65. The van der Waals surface area contributed by atoms with E-state index in [2.05, 4.69) is 10.6 Å². The molecule has 1 amide bonds. The second kappa shape index (κ2) is 9.69. The maximum Gasteiger partial charge on any atom is 0.224 e. The molecule has 146 valence electrons. The standard InChI is InChI=1S/C18H27N3O3S.ClH/c22-18(20-17-8-10-19-11-9-17)16-7-4-12-21(13-16)25(23,24)14-15-5-2-1-3-6-15;/h1-3,5-6,16-17,19H,4,7-14H2,(H,20,22);1H. The number of piperidine rings is 2. The third kappa shape index (κ3) is 5.67. The highest BCUT2D eigenvalue weighted by Crippen LogP contribution is 2.22. The normalized spacial score (nSPS) is 22.4. The number of amides is 1. The summed E-state index contributed by atoms with van der Waals surface area (Å²) in [6, 6.07) is 9.42. The van der Waals surface area contributed by atoms with E-state index in [0.29, 0.717) is 13.1 Å². The van der Waals surface area contributed by atoms with Crippen LogP contribution in [0.25, 0.3) is 0 Å². The minimum absolute atomic E-state index is 0. The summed E-state index contributed by atoms with van der Waals surface area (Å²) in [5.74, 6) is -0.239. The van der Waals surface area contributed by atoms with Gasteiger partial charge >= 0.3 is 0 Å². The molecule has 3 rings (SSSR count). The molecule has 8 heteroatoms. The Morgan fingerprint density at radius 2 is 1.85 bits per heavy atom. The van der Waals surface area contributed by atoms with Crippen LogP contribution < -0.4 is 10.6 Å². The van der Waals surface area contributed by atoms with Crippen LogP contribution in [0.2, 0.25) is 0 Å². The molecule has 2 saturated heterocycles. The van der Waals surface area contributed by atoms with Crippen molar-refractivity contribution >= 4 is 28.3 Å². The smallest absolute Gasteiger partial charge is 0.224 e. The van der Waals surface area contributed by atoms with E-state index >= 15 is 0 Å². The first-order valence-electron chi connectivity index (χ1n) is 9.07. The van der Waals surface area contributed by atoms with Crippen LogP contribution in [0.3, 0.4) is 0 Å². The molecule has 0 aliphatic carbocycles. The van der Waals surface area contributed by atoms with Crippen molar-refractivity contribution in [2.24, 2.45) is 5.92 Å². The summed E-state index contributed by atoms with van der Waals surface area (Å²) < 4.78 is 26.9. The van der Waals surface area contributed by atoms with Crippen LogP contribution in [0.1, 0.15) is 31.2 Å². The van der Waals surface area contributed by atoms with Crippen LogP contribution in [-0.2, 0) is 20.6 Å². The van der Waals surface area contributed by atoms with Gasteiger partial charge in [-0.25, -0.2) is 12.7 Å². The molecule has 1 aromatic carbocycles. The summed E-state index contributed by atoms with van der Waals surface area (Å²) >= 11 is 0. The molecule has 26 heavy (non-hydrogen) atoms. The lowest BCUT2D eigenvalue weighted by Crippen LogP contribution is -2.49. The number of carbonyl (C=O) groups excluding carboxylic acids is 1. The average molecular weight is 402 g/mol. The second-order valence-electron chi connectivity index (χ2n) is 6.97. The molecule has 2 fully saturated rings. The highest BCUT2D eigenvalue weighted by atomic mass is 35.5. The first kappa shape index (κ1) is 21.2. The monoisotopic (exact) mass is 401 g/mol. The van der Waals surface area contributed by atoms with Gasteiger partial charge in [-0.3, -0.25) is 4.79 Å². The lowest BCUT2D eigenvalue weighted by Gasteiger charge is -2.33. The minimum atomic E-state index is -3.39. The van der Waals surface area contributed by atoms with E-state index in [1.165, 1.54) is 4.31 Å². The predicted octanol–water partition coefficient (Wildman–Crippen LogP) is 1.52. The largest absolute Gasteiger partial charge is 0.353 e. The summed E-state index contributed by atoms with van der Waals surface area (Å²) in [5, 5.41) is 6.39. The third-order valence-corrected chi connectivity index (χ3v) is 6.84. The van der Waals surface area contributed by atoms with Crippen LogP contribution in [0.5, 0.6) is 0 Å². The number of hydrogen-bond acceptors (Lipinski definition) is 4. The molecule has 0 radical (unpaired) electrons. The third-order valence-electron chi connectivity index (χ3n) is 5.03. The fourth-order valence-electron chi connectivity index (χ4n) is 3.57. The number of rotatable bonds is 5. The Morgan fingerprint density at radius 3 is 2.54 bits per heavy atom. The first-order chi connectivity index (χ1) is 12.0. The van der Waals surface area contributed by atoms with Gasteiger partial charge in [0.15, 0.2) is 0 Å². The number of halogens is 1. The van der Waals surface area contributed by atoms with Crippen LogP contribution in [-0.4, -0.2) is 50.9 Å². The molecule has 6 nitrogen and oxygen atoms in total. The first-order valence-corrected chi connectivity index (χ1v) is 10.7. The molecule has 0 aromatic heterocycles. The van der Waals surface area contributed by atoms with Gasteiger partial charge in [0.25, 0.3) is 0 Å². The summed E-state index contributed by atoms with van der Waals surface area (Å²) in [5.41, 5.74) is 0.781. The highest BCUT2D eigenvalue weighted by molar-refractivity contribution is 7.88. The SMILES string of the molecule is Cl.O=C(NC1CCNCC1)C1CCCN(S(=O)(=O)Cc2ccccc2)C1. The predicted molar refractivity (Wildman–Crippen MR) is 105 cm³/mol. The van der Waals surface area contributed by atoms with E-state index in [-0.39, 0.29) is 36.0 Å². The zero-order valence-electron chi connectivity index (χ0n) is 14.9. The van der Waals surface area contributed by atoms with Gasteiger partial charge in [0, 0.05) is 19.1 Å². The van der Waals surface area contributed by atoms with E-state index in [4.69, 9.17) is 0 Å². The summed E-state index contributed by atoms with van der Waals surface area (Å²) in [7, 11) is -3.39. The van der Waals surface area contributed by atoms with Crippen molar-refractivity contribution in [1.29, 1.82) is 0 Å². The minimum Gasteiger partial charge on any atom is -0.353 e. The number of nitrogens with one attached hydrogen (secondary N) is 2. The van der Waals surface area contributed by atoms with E-state index in [1.54, 1.807) is 0 Å². The van der Waals surface area contributed by atoms with Gasteiger partial charge in [-0.2, -0.15) is 0 Å². The van der Waals surface area contributed by atoms with Crippen molar-refractivity contribution in [1.82, 2.24) is 14.9 Å². The van der Waals surface area contributed by atoms with Crippen molar-refractivity contribution in [3.8, 4) is 0 Å². The summed E-state index contributed by atoms with van der Waals surface area (Å²) in [6.07, 6.45) is 3.37. The van der Waals surface area contributed by atoms with E-state index in [0.717, 1.165) is 44.3 Å². The molecule has 1 aromatic rings.